The van der Waals surface area contributed by atoms with E-state index in [0.29, 0.717) is 17.7 Å². The molecule has 41 heavy (non-hydrogen) atoms. The molecule has 1 amide bonds. The van der Waals surface area contributed by atoms with Crippen LogP contribution in [0.3, 0.4) is 0 Å². The van der Waals surface area contributed by atoms with Gasteiger partial charge in [-0.15, -0.1) is 0 Å². The third-order valence-electron chi connectivity index (χ3n) is 5.68. The molecule has 0 aromatic heterocycles. The van der Waals surface area contributed by atoms with Gasteiger partial charge in [0, 0.05) is 23.7 Å². The fourth-order valence-electron chi connectivity index (χ4n) is 3.66. The summed E-state index contributed by atoms with van der Waals surface area (Å²) in [5.74, 6) is -1.98. The molecule has 0 atom stereocenters. The molecule has 5 nitrogen and oxygen atoms in total. The summed E-state index contributed by atoms with van der Waals surface area (Å²) in [5, 5.41) is 2.99. The monoisotopic (exact) mass is 602 g/mol. The van der Waals surface area contributed by atoms with Gasteiger partial charge in [0.05, 0.1) is 23.1 Å². The maximum Gasteiger partial charge on any atom is 0.416 e. The highest BCUT2D eigenvalue weighted by Crippen LogP contribution is 2.38. The molecule has 0 saturated heterocycles. The average molecular weight is 603 g/mol. The second-order valence-corrected chi connectivity index (χ2v) is 9.52. The van der Waals surface area contributed by atoms with Crippen LogP contribution >= 0.6 is 11.8 Å². The summed E-state index contributed by atoms with van der Waals surface area (Å²) < 4.78 is 117. The van der Waals surface area contributed by atoms with Crippen molar-refractivity contribution in [2.24, 2.45) is 4.99 Å². The number of amides is 1. The molecule has 3 aromatic carbocycles. The van der Waals surface area contributed by atoms with Crippen molar-refractivity contribution in [2.45, 2.75) is 25.5 Å². The molecule has 1 aliphatic heterocycles. The van der Waals surface area contributed by atoms with Crippen molar-refractivity contribution in [3.63, 3.8) is 0 Å². The van der Waals surface area contributed by atoms with Crippen LogP contribution in [0.25, 0.3) is 6.08 Å². The van der Waals surface area contributed by atoms with E-state index in [1.165, 1.54) is 37.5 Å². The second kappa shape index (κ2) is 11.8. The molecule has 0 radical (unpaired) electrons. The van der Waals surface area contributed by atoms with Gasteiger partial charge >= 0.3 is 12.4 Å². The van der Waals surface area contributed by atoms with Gasteiger partial charge in [-0.2, -0.15) is 31.3 Å². The third-order valence-corrected chi connectivity index (χ3v) is 6.62. The Labute approximate surface area is 231 Å². The number of benzene rings is 3. The number of amidine groups is 1. The Hall–Kier alpha value is -4.07. The second-order valence-electron chi connectivity index (χ2n) is 8.49. The van der Waals surface area contributed by atoms with Gasteiger partial charge in [0.25, 0.3) is 5.91 Å². The van der Waals surface area contributed by atoms with Crippen LogP contribution < -0.4 is 14.8 Å². The van der Waals surface area contributed by atoms with E-state index in [1.54, 1.807) is 0 Å². The maximum absolute atomic E-state index is 13.8. The summed E-state index contributed by atoms with van der Waals surface area (Å²) in [6.07, 6.45) is -8.53. The summed E-state index contributed by atoms with van der Waals surface area (Å²) in [6.45, 7) is -0.747. The van der Waals surface area contributed by atoms with Crippen molar-refractivity contribution < 1.29 is 49.4 Å². The standard InChI is InChI=1S/C27H18F8N2O3S/c1-39-22-8-14(9-23-24(38)37-25(41-23)36-12-15-4-6-18(28)11-20(15)29)2-7-21(22)40-13-16-3-5-17(26(30,31)32)10-19(16)27(33,34)35/h2-11H,12-13H2,1H3,(H,36,37,38)/b23-9+. The highest BCUT2D eigenvalue weighted by Gasteiger charge is 2.38. The first-order valence-corrected chi connectivity index (χ1v) is 12.3. The molecule has 4 rings (SSSR count). The highest BCUT2D eigenvalue weighted by molar-refractivity contribution is 8.18. The number of rotatable bonds is 7. The maximum atomic E-state index is 13.8. The number of hydrogen-bond acceptors (Lipinski definition) is 5. The minimum Gasteiger partial charge on any atom is -0.493 e. The van der Waals surface area contributed by atoms with Crippen molar-refractivity contribution in [3.8, 4) is 11.5 Å². The SMILES string of the molecule is COc1cc(/C=C2/SC(NCc3ccc(F)cc3F)=NC2=O)ccc1OCc1ccc(C(F)(F)F)cc1C(F)(F)F. The fraction of sp³-hybridized carbons (Fsp3) is 0.185. The smallest absolute Gasteiger partial charge is 0.416 e. The minimum absolute atomic E-state index is 0.00741. The van der Waals surface area contributed by atoms with Crippen LogP contribution in [-0.4, -0.2) is 18.2 Å². The predicted molar refractivity (Wildman–Crippen MR) is 135 cm³/mol. The average Bonchev–Trinajstić information content (AvgIpc) is 3.24. The van der Waals surface area contributed by atoms with E-state index in [-0.39, 0.29) is 39.7 Å². The zero-order valence-corrected chi connectivity index (χ0v) is 21.6. The summed E-state index contributed by atoms with van der Waals surface area (Å²) in [6, 6.07) is 8.65. The first-order valence-electron chi connectivity index (χ1n) is 11.5. The number of ether oxygens (including phenoxy) is 2. The number of hydrogen-bond donors (Lipinski definition) is 1. The molecule has 0 saturated carbocycles. The zero-order valence-electron chi connectivity index (χ0n) is 20.8. The van der Waals surface area contributed by atoms with Gasteiger partial charge < -0.3 is 14.8 Å². The molecule has 0 fully saturated rings. The number of halogens is 8. The molecule has 1 heterocycles. The molecule has 0 bridgehead atoms. The zero-order chi connectivity index (χ0) is 29.9. The Morgan fingerprint density at radius 2 is 1.63 bits per heavy atom. The molecule has 1 N–H and O–H groups in total. The quantitative estimate of drug-likeness (QED) is 0.227. The summed E-state index contributed by atoms with van der Waals surface area (Å²) in [4.78, 5) is 16.4. The number of nitrogens with one attached hydrogen (secondary N) is 1. The molecule has 216 valence electrons. The van der Waals surface area contributed by atoms with Crippen LogP contribution in [0.5, 0.6) is 11.5 Å². The molecular weight excluding hydrogens is 584 g/mol. The molecule has 0 aliphatic carbocycles. The molecule has 3 aromatic rings. The van der Waals surface area contributed by atoms with Crippen molar-refractivity contribution in [3.05, 3.63) is 99.0 Å². The van der Waals surface area contributed by atoms with E-state index in [9.17, 15) is 39.9 Å². The first-order chi connectivity index (χ1) is 19.2. The normalized spacial score (nSPS) is 14.8. The predicted octanol–water partition coefficient (Wildman–Crippen LogP) is 7.35. The van der Waals surface area contributed by atoms with Crippen LogP contribution in [0.4, 0.5) is 35.1 Å². The first kappa shape index (κ1) is 29.9. The van der Waals surface area contributed by atoms with Gasteiger partial charge in [-0.25, -0.2) is 8.78 Å². The molecular formula is C27H18F8N2O3S. The van der Waals surface area contributed by atoms with E-state index in [4.69, 9.17) is 9.47 Å². The number of carbonyl (C=O) groups is 1. The lowest BCUT2D eigenvalue weighted by Gasteiger charge is -2.17. The number of methoxy groups -OCH3 is 1. The number of nitrogens with zero attached hydrogens (tertiary/aromatic N) is 1. The lowest BCUT2D eigenvalue weighted by molar-refractivity contribution is -0.143. The van der Waals surface area contributed by atoms with Gasteiger partial charge in [0.2, 0.25) is 0 Å². The van der Waals surface area contributed by atoms with Gasteiger partial charge in [-0.05, 0) is 53.7 Å². The summed E-state index contributed by atoms with van der Waals surface area (Å²) >= 11 is 0.969. The summed E-state index contributed by atoms with van der Waals surface area (Å²) in [7, 11) is 1.27. The molecule has 14 heteroatoms. The van der Waals surface area contributed by atoms with Crippen LogP contribution in [0.2, 0.25) is 0 Å². The Balaban J connectivity index is 1.45. The Kier molecular flexibility index (Phi) is 8.61. The van der Waals surface area contributed by atoms with Gasteiger partial charge in [-0.1, -0.05) is 18.2 Å². The molecule has 1 aliphatic rings. The van der Waals surface area contributed by atoms with E-state index in [1.807, 2.05) is 0 Å². The van der Waals surface area contributed by atoms with Gasteiger partial charge in [-0.3, -0.25) is 4.79 Å². The number of carbonyl (C=O) groups excluding carboxylic acids is 1. The van der Waals surface area contributed by atoms with E-state index in [2.05, 4.69) is 10.3 Å². The minimum atomic E-state index is -5.05. The fourth-order valence-corrected chi connectivity index (χ4v) is 4.47. The Morgan fingerprint density at radius 1 is 0.902 bits per heavy atom. The lowest BCUT2D eigenvalue weighted by atomic mass is 10.0. The van der Waals surface area contributed by atoms with E-state index < -0.39 is 53.2 Å². The molecule has 0 unspecified atom stereocenters. The van der Waals surface area contributed by atoms with Crippen LogP contribution in [0.1, 0.15) is 27.8 Å². The third kappa shape index (κ3) is 7.37. The van der Waals surface area contributed by atoms with Crippen molar-refractivity contribution in [1.29, 1.82) is 0 Å². The lowest BCUT2D eigenvalue weighted by Crippen LogP contribution is -2.19. The Morgan fingerprint density at radius 3 is 2.29 bits per heavy atom. The van der Waals surface area contributed by atoms with E-state index >= 15 is 0 Å². The van der Waals surface area contributed by atoms with Crippen LogP contribution in [-0.2, 0) is 30.3 Å². The number of aliphatic imine (C=N–C) groups is 1. The number of alkyl halides is 6. The number of thioether (sulfide) groups is 1. The van der Waals surface area contributed by atoms with Crippen LogP contribution in [0, 0.1) is 11.6 Å². The Bertz CT molecular complexity index is 1530. The highest BCUT2D eigenvalue weighted by atomic mass is 32.2. The van der Waals surface area contributed by atoms with Crippen LogP contribution in [0.15, 0.2) is 64.5 Å². The van der Waals surface area contributed by atoms with Gasteiger partial charge in [0.1, 0.15) is 18.2 Å². The van der Waals surface area contributed by atoms with Gasteiger partial charge in [0.15, 0.2) is 16.7 Å². The van der Waals surface area contributed by atoms with Crippen molar-refractivity contribution in [1.82, 2.24) is 5.32 Å². The summed E-state index contributed by atoms with van der Waals surface area (Å²) in [5.41, 5.74) is -2.82. The van der Waals surface area contributed by atoms with Crippen molar-refractivity contribution in [2.75, 3.05) is 7.11 Å². The topological polar surface area (TPSA) is 59.9 Å². The van der Waals surface area contributed by atoms with Crippen molar-refractivity contribution >= 4 is 28.9 Å². The van der Waals surface area contributed by atoms with E-state index in [0.717, 1.165) is 23.9 Å². The molecule has 0 spiro atoms. The largest absolute Gasteiger partial charge is 0.493 e.